The number of nitrogens with two attached hydrogens (primary N) is 1. The van der Waals surface area contributed by atoms with E-state index >= 15 is 0 Å². The molecular formula is C18H23F2IN4O2. The molecule has 0 aliphatic heterocycles. The largest absolute Gasteiger partial charge is 0.490 e. The zero-order valence-electron chi connectivity index (χ0n) is 14.9. The van der Waals surface area contributed by atoms with E-state index in [2.05, 4.69) is 20.0 Å². The second-order valence-electron chi connectivity index (χ2n) is 5.26. The van der Waals surface area contributed by atoms with Crippen LogP contribution in [0.5, 0.6) is 11.5 Å². The minimum atomic E-state index is -2.95. The Morgan fingerprint density at radius 2 is 2.07 bits per heavy atom. The molecule has 1 aromatic heterocycles. The van der Waals surface area contributed by atoms with E-state index in [0.29, 0.717) is 25.1 Å². The van der Waals surface area contributed by atoms with E-state index in [9.17, 15) is 8.78 Å². The Kier molecular flexibility index (Phi) is 10.4. The lowest BCUT2D eigenvalue weighted by molar-refractivity contribution is -0.0520. The van der Waals surface area contributed by atoms with Crippen molar-refractivity contribution in [1.82, 2.24) is 10.3 Å². The normalized spacial score (nSPS) is 11.0. The Morgan fingerprint density at radius 3 is 2.74 bits per heavy atom. The predicted octanol–water partition coefficient (Wildman–Crippen LogP) is 3.35. The van der Waals surface area contributed by atoms with Crippen LogP contribution in [0.3, 0.4) is 0 Å². The number of benzene rings is 1. The molecule has 2 aromatic rings. The molecular weight excluding hydrogens is 469 g/mol. The average molecular weight is 492 g/mol. The molecule has 6 nitrogen and oxygen atoms in total. The third-order valence-electron chi connectivity index (χ3n) is 3.40. The van der Waals surface area contributed by atoms with Gasteiger partial charge in [0.05, 0.1) is 13.2 Å². The first-order valence-electron chi connectivity index (χ1n) is 8.23. The van der Waals surface area contributed by atoms with Crippen molar-refractivity contribution in [2.75, 3.05) is 13.2 Å². The molecule has 9 heteroatoms. The molecule has 1 heterocycles. The lowest BCUT2D eigenvalue weighted by Gasteiger charge is -2.14. The molecule has 0 saturated heterocycles. The fraction of sp³-hybridized carbons (Fsp3) is 0.333. The number of aromatic nitrogens is 1. The van der Waals surface area contributed by atoms with Gasteiger partial charge in [0.1, 0.15) is 0 Å². The number of aliphatic imine (C=N–C) groups is 1. The number of nitrogens with one attached hydrogen (secondary N) is 1. The third kappa shape index (κ3) is 7.94. The second-order valence-corrected chi connectivity index (χ2v) is 5.26. The molecule has 0 spiro atoms. The van der Waals surface area contributed by atoms with Gasteiger partial charge in [-0.3, -0.25) is 4.98 Å². The van der Waals surface area contributed by atoms with E-state index in [0.717, 1.165) is 5.69 Å². The molecule has 3 N–H and O–H groups in total. The van der Waals surface area contributed by atoms with Gasteiger partial charge in [0, 0.05) is 30.4 Å². The molecule has 0 fully saturated rings. The van der Waals surface area contributed by atoms with Crippen LogP contribution in [0.15, 0.2) is 47.6 Å². The Balaban J connectivity index is 0.00000364. The van der Waals surface area contributed by atoms with E-state index in [4.69, 9.17) is 10.5 Å². The first-order valence-corrected chi connectivity index (χ1v) is 8.23. The van der Waals surface area contributed by atoms with Crippen molar-refractivity contribution >= 4 is 29.9 Å². The minimum Gasteiger partial charge on any atom is -0.490 e. The van der Waals surface area contributed by atoms with Crippen LogP contribution in [0.2, 0.25) is 0 Å². The molecule has 0 aliphatic carbocycles. The predicted molar refractivity (Wildman–Crippen MR) is 111 cm³/mol. The van der Waals surface area contributed by atoms with Crippen molar-refractivity contribution in [2.45, 2.75) is 26.5 Å². The number of para-hydroxylation sites is 1. The van der Waals surface area contributed by atoms with Gasteiger partial charge in [-0.2, -0.15) is 8.78 Å². The molecule has 0 radical (unpaired) electrons. The van der Waals surface area contributed by atoms with Gasteiger partial charge in [-0.15, -0.1) is 24.0 Å². The summed E-state index contributed by atoms with van der Waals surface area (Å²) in [5.41, 5.74) is 7.23. The molecule has 1 aromatic carbocycles. The van der Waals surface area contributed by atoms with Crippen LogP contribution < -0.4 is 20.5 Å². The maximum atomic E-state index is 12.7. The summed E-state index contributed by atoms with van der Waals surface area (Å²) in [4.78, 5) is 8.39. The second kappa shape index (κ2) is 12.3. The van der Waals surface area contributed by atoms with Gasteiger partial charge in [-0.1, -0.05) is 18.2 Å². The number of rotatable bonds is 9. The van der Waals surface area contributed by atoms with Crippen molar-refractivity contribution in [2.24, 2.45) is 10.7 Å². The molecule has 0 amide bonds. The van der Waals surface area contributed by atoms with Gasteiger partial charge in [-0.25, -0.2) is 4.99 Å². The molecule has 0 aliphatic rings. The highest BCUT2D eigenvalue weighted by Gasteiger charge is 2.15. The Morgan fingerprint density at radius 1 is 1.26 bits per heavy atom. The first-order chi connectivity index (χ1) is 12.6. The fourth-order valence-electron chi connectivity index (χ4n) is 2.27. The lowest BCUT2D eigenvalue weighted by Crippen LogP contribution is -2.33. The SMILES string of the molecule is CCOc1cccc(CN=C(N)NCCc2ccccn2)c1OC(F)F.I. The Labute approximate surface area is 174 Å². The quantitative estimate of drug-likeness (QED) is 0.319. The van der Waals surface area contributed by atoms with Crippen LogP contribution in [0.1, 0.15) is 18.2 Å². The van der Waals surface area contributed by atoms with Gasteiger partial charge in [0.15, 0.2) is 17.5 Å². The summed E-state index contributed by atoms with van der Waals surface area (Å²) in [6.07, 6.45) is 2.42. The molecule has 148 valence electrons. The van der Waals surface area contributed by atoms with E-state index in [-0.39, 0.29) is 48.0 Å². The summed E-state index contributed by atoms with van der Waals surface area (Å²) in [5.74, 6) is 0.447. The summed E-state index contributed by atoms with van der Waals surface area (Å²) in [6.45, 7) is -0.200. The molecule has 0 atom stereocenters. The van der Waals surface area contributed by atoms with Gasteiger partial charge >= 0.3 is 6.61 Å². The van der Waals surface area contributed by atoms with Crippen molar-refractivity contribution in [1.29, 1.82) is 0 Å². The number of hydrogen-bond acceptors (Lipinski definition) is 4. The van der Waals surface area contributed by atoms with Crippen molar-refractivity contribution in [3.05, 3.63) is 53.9 Å². The van der Waals surface area contributed by atoms with Gasteiger partial charge < -0.3 is 20.5 Å². The van der Waals surface area contributed by atoms with Crippen LogP contribution in [0.4, 0.5) is 8.78 Å². The summed E-state index contributed by atoms with van der Waals surface area (Å²) < 4.78 is 35.3. The molecule has 0 unspecified atom stereocenters. The Bertz CT molecular complexity index is 718. The standard InChI is InChI=1S/C18H22F2N4O2.HI/c1-2-25-15-8-5-6-13(16(15)26-17(19)20)12-24-18(21)23-11-9-14-7-3-4-10-22-14;/h3-8,10,17H,2,9,11-12H2,1H3,(H3,21,23,24);1H. The third-order valence-corrected chi connectivity index (χ3v) is 3.40. The number of guanidine groups is 1. The van der Waals surface area contributed by atoms with Crippen molar-refractivity contribution < 1.29 is 18.3 Å². The zero-order chi connectivity index (χ0) is 18.8. The number of halogens is 3. The minimum absolute atomic E-state index is 0. The Hall–Kier alpha value is -2.17. The maximum absolute atomic E-state index is 12.7. The van der Waals surface area contributed by atoms with E-state index < -0.39 is 6.61 Å². The topological polar surface area (TPSA) is 81.8 Å². The highest BCUT2D eigenvalue weighted by molar-refractivity contribution is 14.0. The molecule has 0 bridgehead atoms. The summed E-state index contributed by atoms with van der Waals surface area (Å²) in [6, 6.07) is 10.6. The number of ether oxygens (including phenoxy) is 2. The van der Waals surface area contributed by atoms with Crippen molar-refractivity contribution in [3.63, 3.8) is 0 Å². The molecule has 2 rings (SSSR count). The number of hydrogen-bond donors (Lipinski definition) is 2. The monoisotopic (exact) mass is 492 g/mol. The fourth-order valence-corrected chi connectivity index (χ4v) is 2.27. The van der Waals surface area contributed by atoms with Gasteiger partial charge in [-0.05, 0) is 25.1 Å². The smallest absolute Gasteiger partial charge is 0.387 e. The molecule has 0 saturated carbocycles. The molecule has 27 heavy (non-hydrogen) atoms. The summed E-state index contributed by atoms with van der Waals surface area (Å²) in [5, 5.41) is 2.97. The summed E-state index contributed by atoms with van der Waals surface area (Å²) >= 11 is 0. The van der Waals surface area contributed by atoms with Gasteiger partial charge in [0.2, 0.25) is 0 Å². The zero-order valence-corrected chi connectivity index (χ0v) is 17.2. The van der Waals surface area contributed by atoms with Gasteiger partial charge in [0.25, 0.3) is 0 Å². The van der Waals surface area contributed by atoms with E-state index in [1.54, 1.807) is 31.3 Å². The average Bonchev–Trinajstić information content (AvgIpc) is 2.63. The van der Waals surface area contributed by atoms with E-state index in [1.165, 1.54) is 0 Å². The van der Waals surface area contributed by atoms with Crippen LogP contribution in [-0.2, 0) is 13.0 Å². The number of nitrogens with zero attached hydrogens (tertiary/aromatic N) is 2. The van der Waals surface area contributed by atoms with Crippen LogP contribution in [-0.4, -0.2) is 30.7 Å². The number of pyridine rings is 1. The lowest BCUT2D eigenvalue weighted by atomic mass is 10.2. The van der Waals surface area contributed by atoms with Crippen LogP contribution >= 0.6 is 24.0 Å². The maximum Gasteiger partial charge on any atom is 0.387 e. The van der Waals surface area contributed by atoms with Crippen molar-refractivity contribution in [3.8, 4) is 11.5 Å². The van der Waals surface area contributed by atoms with Crippen LogP contribution in [0.25, 0.3) is 0 Å². The summed E-state index contributed by atoms with van der Waals surface area (Å²) in [7, 11) is 0. The highest BCUT2D eigenvalue weighted by Crippen LogP contribution is 2.33. The first kappa shape index (κ1) is 22.9. The van der Waals surface area contributed by atoms with Crippen LogP contribution in [0, 0.1) is 0 Å². The highest BCUT2D eigenvalue weighted by atomic mass is 127. The number of alkyl halides is 2. The van der Waals surface area contributed by atoms with E-state index in [1.807, 2.05) is 18.2 Å².